The number of hydrogen-bond donors (Lipinski definition) is 3. The number of amides is 2. The van der Waals surface area contributed by atoms with E-state index in [4.69, 9.17) is 0 Å². The van der Waals surface area contributed by atoms with Crippen molar-refractivity contribution in [1.82, 2.24) is 15.6 Å². The Bertz CT molecular complexity index is 900. The second-order valence-electron chi connectivity index (χ2n) is 6.26. The lowest BCUT2D eigenvalue weighted by molar-refractivity contribution is -0.120. The van der Waals surface area contributed by atoms with Crippen LogP contribution >= 0.6 is 11.3 Å². The van der Waals surface area contributed by atoms with Crippen LogP contribution in [0.3, 0.4) is 0 Å². The van der Waals surface area contributed by atoms with Crippen LogP contribution < -0.4 is 15.6 Å². The molecule has 0 aliphatic heterocycles. The summed E-state index contributed by atoms with van der Waals surface area (Å²) in [6.45, 7) is -0.474. The van der Waals surface area contributed by atoms with Crippen molar-refractivity contribution in [3.63, 3.8) is 0 Å². The molecule has 3 rings (SSSR count). The highest BCUT2D eigenvalue weighted by Crippen LogP contribution is 2.28. The number of nitrogens with one attached hydrogen (secondary N) is 3. The highest BCUT2D eigenvalue weighted by molar-refractivity contribution is 7.89. The van der Waals surface area contributed by atoms with Gasteiger partial charge in [0.1, 0.15) is 0 Å². The molecule has 0 fully saturated rings. The van der Waals surface area contributed by atoms with E-state index < -0.39 is 28.4 Å². The summed E-state index contributed by atoms with van der Waals surface area (Å²) in [6, 6.07) is 9.64. The molecule has 9 heteroatoms. The second kappa shape index (κ2) is 8.64. The fourth-order valence-corrected chi connectivity index (χ4v) is 5.01. The number of rotatable bonds is 5. The van der Waals surface area contributed by atoms with Gasteiger partial charge in [0.2, 0.25) is 10.0 Å². The first kappa shape index (κ1) is 19.5. The van der Waals surface area contributed by atoms with Gasteiger partial charge in [-0.25, -0.2) is 13.1 Å². The number of hydrogen-bond acceptors (Lipinski definition) is 5. The lowest BCUT2D eigenvalue weighted by Crippen LogP contribution is -2.46. The molecule has 2 amide bonds. The molecule has 7 nitrogen and oxygen atoms in total. The zero-order valence-electron chi connectivity index (χ0n) is 14.7. The molecule has 1 aromatic carbocycles. The van der Waals surface area contributed by atoms with E-state index in [-0.39, 0.29) is 4.90 Å². The number of carbonyl (C=O) groups excluding carboxylic acids is 2. The predicted molar refractivity (Wildman–Crippen MR) is 103 cm³/mol. The third-order valence-electron chi connectivity index (χ3n) is 4.26. The standard InChI is InChI=1S/C18H21N3O4S2/c22-17(12-19-27(24,25)14-8-4-2-5-9-14)20-21-18(23)16-11-13-7-3-1-6-10-15(13)26-16/h2,4-5,8-9,11,19H,1,3,6-7,10,12H2,(H,20,22)(H,21,23). The van der Waals surface area contributed by atoms with E-state index in [0.29, 0.717) is 4.88 Å². The molecule has 0 radical (unpaired) electrons. The topological polar surface area (TPSA) is 104 Å². The molecule has 1 aliphatic rings. The second-order valence-corrected chi connectivity index (χ2v) is 9.16. The number of aryl methyl sites for hydroxylation is 2. The van der Waals surface area contributed by atoms with Crippen molar-refractivity contribution in [3.05, 3.63) is 51.7 Å². The largest absolute Gasteiger partial charge is 0.279 e. The molecule has 1 aliphatic carbocycles. The first-order valence-electron chi connectivity index (χ1n) is 8.71. The molecule has 0 spiro atoms. The summed E-state index contributed by atoms with van der Waals surface area (Å²) in [5, 5.41) is 0. The minimum absolute atomic E-state index is 0.0712. The molecule has 0 saturated heterocycles. The Morgan fingerprint density at radius 3 is 2.52 bits per heavy atom. The van der Waals surface area contributed by atoms with E-state index in [1.807, 2.05) is 6.07 Å². The number of hydrazine groups is 1. The maximum atomic E-state index is 12.2. The van der Waals surface area contributed by atoms with E-state index in [1.54, 1.807) is 18.2 Å². The van der Waals surface area contributed by atoms with E-state index in [9.17, 15) is 18.0 Å². The van der Waals surface area contributed by atoms with Gasteiger partial charge < -0.3 is 0 Å². The van der Waals surface area contributed by atoms with Gasteiger partial charge in [0.05, 0.1) is 16.3 Å². The van der Waals surface area contributed by atoms with Gasteiger partial charge in [-0.05, 0) is 49.4 Å². The number of fused-ring (bicyclic) bond motifs is 1. The average molecular weight is 408 g/mol. The Morgan fingerprint density at radius 2 is 1.74 bits per heavy atom. The van der Waals surface area contributed by atoms with E-state index in [0.717, 1.165) is 25.7 Å². The third kappa shape index (κ3) is 5.15. The monoisotopic (exact) mass is 407 g/mol. The number of benzene rings is 1. The predicted octanol–water partition coefficient (Wildman–Crippen LogP) is 1.76. The summed E-state index contributed by atoms with van der Waals surface area (Å²) in [7, 11) is -3.77. The van der Waals surface area contributed by atoms with Crippen LogP contribution in [0.25, 0.3) is 0 Å². The summed E-state index contributed by atoms with van der Waals surface area (Å²) in [6.07, 6.45) is 5.43. The van der Waals surface area contributed by atoms with E-state index >= 15 is 0 Å². The molecule has 0 bridgehead atoms. The van der Waals surface area contributed by atoms with Crippen molar-refractivity contribution >= 4 is 33.2 Å². The van der Waals surface area contributed by atoms with Gasteiger partial charge in [-0.1, -0.05) is 24.6 Å². The number of sulfonamides is 1. The van der Waals surface area contributed by atoms with Crippen molar-refractivity contribution in [2.24, 2.45) is 0 Å². The van der Waals surface area contributed by atoms with Crippen LogP contribution in [0.5, 0.6) is 0 Å². The molecule has 0 atom stereocenters. The summed E-state index contributed by atoms with van der Waals surface area (Å²) in [5.74, 6) is -1.05. The van der Waals surface area contributed by atoms with Crippen LogP contribution in [-0.2, 0) is 27.7 Å². The summed E-state index contributed by atoms with van der Waals surface area (Å²) in [4.78, 5) is 25.9. The SMILES string of the molecule is O=C(CNS(=O)(=O)c1ccccc1)NNC(=O)c1cc2c(s1)CCCCC2. The molecule has 27 heavy (non-hydrogen) atoms. The molecule has 144 valence electrons. The third-order valence-corrected chi connectivity index (χ3v) is 6.92. The van der Waals surface area contributed by atoms with Crippen LogP contribution in [0.15, 0.2) is 41.3 Å². The van der Waals surface area contributed by atoms with Gasteiger partial charge in [0.15, 0.2) is 0 Å². The minimum Gasteiger partial charge on any atom is -0.272 e. The maximum Gasteiger partial charge on any atom is 0.279 e. The molecule has 0 unspecified atom stereocenters. The van der Waals surface area contributed by atoms with Crippen LogP contribution in [0.4, 0.5) is 0 Å². The molecule has 1 aromatic heterocycles. The number of carbonyl (C=O) groups is 2. The molecular weight excluding hydrogens is 386 g/mol. The van der Waals surface area contributed by atoms with E-state index in [2.05, 4.69) is 15.6 Å². The Kier molecular flexibility index (Phi) is 6.25. The van der Waals surface area contributed by atoms with E-state index in [1.165, 1.54) is 40.3 Å². The van der Waals surface area contributed by atoms with Crippen molar-refractivity contribution < 1.29 is 18.0 Å². The Morgan fingerprint density at radius 1 is 1.00 bits per heavy atom. The first-order chi connectivity index (χ1) is 13.0. The van der Waals surface area contributed by atoms with Gasteiger partial charge in [0, 0.05) is 4.88 Å². The maximum absolute atomic E-state index is 12.2. The quantitative estimate of drug-likeness (QED) is 0.519. The van der Waals surface area contributed by atoms with Gasteiger partial charge in [0.25, 0.3) is 11.8 Å². The zero-order valence-corrected chi connectivity index (χ0v) is 16.3. The fraction of sp³-hybridized carbons (Fsp3) is 0.333. The normalized spacial score (nSPS) is 14.1. The van der Waals surface area contributed by atoms with Crippen molar-refractivity contribution in [3.8, 4) is 0 Å². The minimum atomic E-state index is -3.77. The highest BCUT2D eigenvalue weighted by Gasteiger charge is 2.18. The van der Waals surface area contributed by atoms with Crippen molar-refractivity contribution in [2.75, 3.05) is 6.54 Å². The Labute approximate surface area is 162 Å². The zero-order chi connectivity index (χ0) is 19.3. The van der Waals surface area contributed by atoms with Crippen molar-refractivity contribution in [1.29, 1.82) is 0 Å². The van der Waals surface area contributed by atoms with Crippen LogP contribution in [0, 0.1) is 0 Å². The van der Waals surface area contributed by atoms with Gasteiger partial charge in [-0.15, -0.1) is 11.3 Å². The van der Waals surface area contributed by atoms with Crippen molar-refractivity contribution in [2.45, 2.75) is 37.0 Å². The fourth-order valence-electron chi connectivity index (χ4n) is 2.86. The summed E-state index contributed by atoms with van der Waals surface area (Å²) >= 11 is 1.45. The molecular formula is C18H21N3O4S2. The van der Waals surface area contributed by atoms with Crippen LogP contribution in [0.2, 0.25) is 0 Å². The lowest BCUT2D eigenvalue weighted by atomic mass is 10.1. The first-order valence-corrected chi connectivity index (χ1v) is 11.0. The molecule has 3 N–H and O–H groups in total. The molecule has 1 heterocycles. The summed E-state index contributed by atoms with van der Waals surface area (Å²) in [5.41, 5.74) is 5.79. The summed E-state index contributed by atoms with van der Waals surface area (Å²) < 4.78 is 26.3. The van der Waals surface area contributed by atoms with Gasteiger partial charge in [-0.3, -0.25) is 20.4 Å². The van der Waals surface area contributed by atoms with Gasteiger partial charge in [-0.2, -0.15) is 0 Å². The molecule has 2 aromatic rings. The Hall–Kier alpha value is -2.23. The lowest BCUT2D eigenvalue weighted by Gasteiger charge is -2.08. The van der Waals surface area contributed by atoms with Crippen LogP contribution in [0.1, 0.15) is 39.4 Å². The highest BCUT2D eigenvalue weighted by atomic mass is 32.2. The Balaban J connectivity index is 1.50. The smallest absolute Gasteiger partial charge is 0.272 e. The van der Waals surface area contributed by atoms with Gasteiger partial charge >= 0.3 is 0 Å². The van der Waals surface area contributed by atoms with Crippen LogP contribution in [-0.4, -0.2) is 26.8 Å². The molecule has 0 saturated carbocycles. The number of thiophene rings is 1. The average Bonchev–Trinajstić information content (AvgIpc) is 2.96.